The fourth-order valence-electron chi connectivity index (χ4n) is 0.788. The van der Waals surface area contributed by atoms with Gasteiger partial charge in [0.15, 0.2) is 5.15 Å². The van der Waals surface area contributed by atoms with Crippen LogP contribution in [0.1, 0.15) is 13.8 Å². The minimum Gasteiger partial charge on any atom is -0.489 e. The number of nitrogens with zero attached hydrogens (tertiary/aromatic N) is 1. The van der Waals surface area contributed by atoms with Gasteiger partial charge in [0.2, 0.25) is 0 Å². The van der Waals surface area contributed by atoms with Crippen LogP contribution in [0.5, 0.6) is 5.75 Å². The maximum Gasteiger partial charge on any atom is 0.155 e. The summed E-state index contributed by atoms with van der Waals surface area (Å²) in [5, 5.41) is 0.285. The molecule has 12 heavy (non-hydrogen) atoms. The van der Waals surface area contributed by atoms with Crippen molar-refractivity contribution in [3.63, 3.8) is 0 Å². The maximum absolute atomic E-state index is 5.68. The summed E-state index contributed by atoms with van der Waals surface area (Å²) in [6.07, 6.45) is 1.65. The first kappa shape index (κ1) is 9.13. The Bertz CT molecular complexity index is 276. The van der Waals surface area contributed by atoms with E-state index < -0.39 is 0 Å². The van der Waals surface area contributed by atoms with Crippen LogP contribution < -0.4 is 10.5 Å². The van der Waals surface area contributed by atoms with Gasteiger partial charge in [0, 0.05) is 12.3 Å². The molecular formula is C8H11ClN2O. The third kappa shape index (κ3) is 2.01. The summed E-state index contributed by atoms with van der Waals surface area (Å²) in [4.78, 5) is 3.81. The summed E-state index contributed by atoms with van der Waals surface area (Å²) in [5.74, 6) is 0.588. The molecule has 0 aliphatic rings. The molecule has 0 bridgehead atoms. The van der Waals surface area contributed by atoms with Crippen molar-refractivity contribution in [3.05, 3.63) is 17.4 Å². The molecule has 0 unspecified atom stereocenters. The van der Waals surface area contributed by atoms with Gasteiger partial charge >= 0.3 is 0 Å². The predicted octanol–water partition coefficient (Wildman–Crippen LogP) is 2.10. The van der Waals surface area contributed by atoms with Gasteiger partial charge in [-0.15, -0.1) is 0 Å². The number of ether oxygens (including phenoxy) is 1. The highest BCUT2D eigenvalue weighted by Gasteiger charge is 2.05. The number of nitrogens with two attached hydrogens (primary N) is 1. The molecule has 1 aromatic rings. The first-order chi connectivity index (χ1) is 5.61. The zero-order valence-electron chi connectivity index (χ0n) is 7.04. The van der Waals surface area contributed by atoms with E-state index in [0.29, 0.717) is 11.4 Å². The Morgan fingerprint density at radius 3 is 2.83 bits per heavy atom. The van der Waals surface area contributed by atoms with Gasteiger partial charge in [-0.05, 0) is 13.8 Å². The van der Waals surface area contributed by atoms with Gasteiger partial charge in [-0.2, -0.15) is 0 Å². The van der Waals surface area contributed by atoms with E-state index in [1.165, 1.54) is 0 Å². The van der Waals surface area contributed by atoms with Gasteiger partial charge in [-0.1, -0.05) is 11.6 Å². The van der Waals surface area contributed by atoms with Crippen LogP contribution in [0.2, 0.25) is 5.15 Å². The van der Waals surface area contributed by atoms with Gasteiger partial charge < -0.3 is 10.5 Å². The third-order valence-corrected chi connectivity index (χ3v) is 1.57. The standard InChI is InChI=1S/C8H11ClN2O/c1-5(2)12-6-3-4-11-8(9)7(6)10/h3-5H,10H2,1-2H3. The number of anilines is 1. The van der Waals surface area contributed by atoms with Crippen molar-refractivity contribution >= 4 is 17.3 Å². The molecule has 1 aromatic heterocycles. The van der Waals surface area contributed by atoms with Gasteiger partial charge in [0.1, 0.15) is 11.4 Å². The summed E-state index contributed by atoms with van der Waals surface area (Å²) >= 11 is 5.68. The largest absolute Gasteiger partial charge is 0.489 e. The molecule has 0 aromatic carbocycles. The smallest absolute Gasteiger partial charge is 0.155 e. The van der Waals surface area contributed by atoms with Crippen molar-refractivity contribution in [3.8, 4) is 5.75 Å². The van der Waals surface area contributed by atoms with Crippen molar-refractivity contribution in [1.82, 2.24) is 4.98 Å². The molecule has 0 amide bonds. The highest BCUT2D eigenvalue weighted by Crippen LogP contribution is 2.27. The highest BCUT2D eigenvalue weighted by molar-refractivity contribution is 6.32. The SMILES string of the molecule is CC(C)Oc1ccnc(Cl)c1N. The number of pyridine rings is 1. The first-order valence-electron chi connectivity index (χ1n) is 3.68. The number of rotatable bonds is 2. The Kier molecular flexibility index (Phi) is 2.76. The van der Waals surface area contributed by atoms with Crippen LogP contribution >= 0.6 is 11.6 Å². The van der Waals surface area contributed by atoms with E-state index in [1.807, 2.05) is 13.8 Å². The predicted molar refractivity (Wildman–Crippen MR) is 49.4 cm³/mol. The van der Waals surface area contributed by atoms with Crippen LogP contribution in [-0.4, -0.2) is 11.1 Å². The molecule has 0 spiro atoms. The van der Waals surface area contributed by atoms with Crippen molar-refractivity contribution in [1.29, 1.82) is 0 Å². The van der Waals surface area contributed by atoms with E-state index in [4.69, 9.17) is 22.1 Å². The van der Waals surface area contributed by atoms with Crippen molar-refractivity contribution in [2.45, 2.75) is 20.0 Å². The molecule has 0 aliphatic heterocycles. The monoisotopic (exact) mass is 186 g/mol. The molecule has 0 saturated carbocycles. The molecule has 0 fully saturated rings. The zero-order valence-corrected chi connectivity index (χ0v) is 7.80. The Labute approximate surface area is 76.5 Å². The molecule has 2 N–H and O–H groups in total. The average molecular weight is 187 g/mol. The van der Waals surface area contributed by atoms with Gasteiger partial charge in [0.25, 0.3) is 0 Å². The Balaban J connectivity index is 2.92. The lowest BCUT2D eigenvalue weighted by Crippen LogP contribution is -2.07. The lowest BCUT2D eigenvalue weighted by Gasteiger charge is -2.11. The first-order valence-corrected chi connectivity index (χ1v) is 4.05. The zero-order chi connectivity index (χ0) is 9.14. The van der Waals surface area contributed by atoms with Crippen LogP contribution in [0, 0.1) is 0 Å². The van der Waals surface area contributed by atoms with Crippen LogP contribution in [0.25, 0.3) is 0 Å². The number of halogens is 1. The van der Waals surface area contributed by atoms with E-state index in [9.17, 15) is 0 Å². The van der Waals surface area contributed by atoms with Crippen LogP contribution in [0.15, 0.2) is 12.3 Å². The lowest BCUT2D eigenvalue weighted by molar-refractivity contribution is 0.243. The van der Waals surface area contributed by atoms with E-state index in [2.05, 4.69) is 4.98 Å². The summed E-state index contributed by atoms with van der Waals surface area (Å²) in [6, 6.07) is 1.70. The Morgan fingerprint density at radius 1 is 1.58 bits per heavy atom. The van der Waals surface area contributed by atoms with Gasteiger partial charge in [-0.25, -0.2) is 4.98 Å². The number of aromatic nitrogens is 1. The molecule has 1 rings (SSSR count). The molecule has 0 aliphatic carbocycles. The molecule has 4 heteroatoms. The third-order valence-electron chi connectivity index (χ3n) is 1.26. The normalized spacial score (nSPS) is 10.3. The minimum atomic E-state index is 0.0887. The molecule has 3 nitrogen and oxygen atoms in total. The molecule has 1 heterocycles. The summed E-state index contributed by atoms with van der Waals surface area (Å²) in [5.41, 5.74) is 6.01. The lowest BCUT2D eigenvalue weighted by atomic mass is 10.4. The highest BCUT2D eigenvalue weighted by atomic mass is 35.5. The number of hydrogen-bond donors (Lipinski definition) is 1. The number of nitrogen functional groups attached to an aromatic ring is 1. The van der Waals surface area contributed by atoms with Crippen LogP contribution in [-0.2, 0) is 0 Å². The minimum absolute atomic E-state index is 0.0887. The second-order valence-electron chi connectivity index (χ2n) is 2.68. The quantitative estimate of drug-likeness (QED) is 0.720. The van der Waals surface area contributed by atoms with Crippen molar-refractivity contribution < 1.29 is 4.74 Å². The van der Waals surface area contributed by atoms with Crippen molar-refractivity contribution in [2.75, 3.05) is 5.73 Å². The second kappa shape index (κ2) is 3.63. The Hall–Kier alpha value is -0.960. The maximum atomic E-state index is 5.68. The second-order valence-corrected chi connectivity index (χ2v) is 3.04. The van der Waals surface area contributed by atoms with E-state index >= 15 is 0 Å². The molecule has 0 atom stereocenters. The number of hydrogen-bond acceptors (Lipinski definition) is 3. The van der Waals surface area contributed by atoms with E-state index in [0.717, 1.165) is 0 Å². The summed E-state index contributed by atoms with van der Waals surface area (Å²) in [6.45, 7) is 3.85. The summed E-state index contributed by atoms with van der Waals surface area (Å²) < 4.78 is 5.38. The van der Waals surface area contributed by atoms with Gasteiger partial charge in [-0.3, -0.25) is 0 Å². The van der Waals surface area contributed by atoms with Crippen LogP contribution in [0.3, 0.4) is 0 Å². The fourth-order valence-corrected chi connectivity index (χ4v) is 0.938. The van der Waals surface area contributed by atoms with Crippen LogP contribution in [0.4, 0.5) is 5.69 Å². The molecular weight excluding hydrogens is 176 g/mol. The fraction of sp³-hybridized carbons (Fsp3) is 0.375. The molecule has 0 radical (unpaired) electrons. The molecule has 66 valence electrons. The van der Waals surface area contributed by atoms with E-state index in [-0.39, 0.29) is 11.3 Å². The topological polar surface area (TPSA) is 48.1 Å². The Morgan fingerprint density at radius 2 is 2.25 bits per heavy atom. The summed E-state index contributed by atoms with van der Waals surface area (Å²) in [7, 11) is 0. The van der Waals surface area contributed by atoms with Crippen molar-refractivity contribution in [2.24, 2.45) is 0 Å². The molecule has 0 saturated heterocycles. The average Bonchev–Trinajstić information content (AvgIpc) is 1.98. The van der Waals surface area contributed by atoms with Gasteiger partial charge in [0.05, 0.1) is 6.10 Å². The van der Waals surface area contributed by atoms with E-state index in [1.54, 1.807) is 12.3 Å².